The van der Waals surface area contributed by atoms with Crippen LogP contribution in [0.25, 0.3) is 33.5 Å². The molecule has 1 amide bonds. The molecule has 0 atom stereocenters. The van der Waals surface area contributed by atoms with Gasteiger partial charge in [0.25, 0.3) is 17.2 Å². The molecule has 0 radical (unpaired) electrons. The predicted octanol–water partition coefficient (Wildman–Crippen LogP) is 3.84. The zero-order valence-corrected chi connectivity index (χ0v) is 21.6. The number of para-hydroxylation sites is 2. The Morgan fingerprint density at radius 1 is 1.07 bits per heavy atom. The van der Waals surface area contributed by atoms with Crippen LogP contribution in [0.2, 0.25) is 0 Å². The van der Waals surface area contributed by atoms with Gasteiger partial charge in [-0.1, -0.05) is 30.3 Å². The molecular formula is C29H23N5O7. The fraction of sp³-hybridized carbons (Fsp3) is 0.172. The van der Waals surface area contributed by atoms with Crippen LogP contribution in [-0.4, -0.2) is 64.5 Å². The highest BCUT2D eigenvalue weighted by Gasteiger charge is 2.20. The summed E-state index contributed by atoms with van der Waals surface area (Å²) in [5, 5.41) is 17.0. The molecule has 5 aromatic rings. The standard InChI is InChI=1S/C29H23N5O7/c35-27(32-11-13-39-14-12-32)18-40-24-10-9-21(34(37)38)15-20(24)17-30-33-28(26-16-19-5-1-4-8-25(19)41-26)31-23-7-3-2-6-22(23)29(33)36/h1-10,15-17H,11-14,18H2. The van der Waals surface area contributed by atoms with Crippen LogP contribution in [0.4, 0.5) is 5.69 Å². The van der Waals surface area contributed by atoms with Gasteiger partial charge in [0.2, 0.25) is 5.82 Å². The minimum Gasteiger partial charge on any atom is -0.483 e. The van der Waals surface area contributed by atoms with E-state index in [1.807, 2.05) is 18.2 Å². The number of rotatable bonds is 7. The summed E-state index contributed by atoms with van der Waals surface area (Å²) in [4.78, 5) is 43.4. The van der Waals surface area contributed by atoms with Crippen molar-refractivity contribution < 1.29 is 23.6 Å². The summed E-state index contributed by atoms with van der Waals surface area (Å²) in [6.07, 6.45) is 1.27. The number of hydrogen-bond donors (Lipinski definition) is 0. The van der Waals surface area contributed by atoms with Crippen molar-refractivity contribution in [2.24, 2.45) is 5.10 Å². The van der Waals surface area contributed by atoms with E-state index in [-0.39, 0.29) is 35.3 Å². The molecule has 1 saturated heterocycles. The molecular weight excluding hydrogens is 530 g/mol. The molecule has 2 aromatic heterocycles. The second kappa shape index (κ2) is 11.0. The van der Waals surface area contributed by atoms with Crippen molar-refractivity contribution in [3.63, 3.8) is 0 Å². The fourth-order valence-corrected chi connectivity index (χ4v) is 4.53. The van der Waals surface area contributed by atoms with Crippen LogP contribution in [0.15, 0.2) is 87.1 Å². The number of ether oxygens (including phenoxy) is 2. The summed E-state index contributed by atoms with van der Waals surface area (Å²) < 4.78 is 18.1. The molecule has 0 aliphatic carbocycles. The first kappa shape index (κ1) is 25.9. The first-order chi connectivity index (χ1) is 20.0. The number of fused-ring (bicyclic) bond motifs is 2. The largest absolute Gasteiger partial charge is 0.483 e. The zero-order valence-electron chi connectivity index (χ0n) is 21.6. The van der Waals surface area contributed by atoms with E-state index in [9.17, 15) is 19.7 Å². The van der Waals surface area contributed by atoms with Gasteiger partial charge in [-0.05, 0) is 30.3 Å². The van der Waals surface area contributed by atoms with Gasteiger partial charge in [0.15, 0.2) is 12.4 Å². The Morgan fingerprint density at radius 3 is 2.66 bits per heavy atom. The molecule has 6 rings (SSSR count). The maximum absolute atomic E-state index is 13.6. The molecule has 0 spiro atoms. The van der Waals surface area contributed by atoms with E-state index < -0.39 is 10.5 Å². The summed E-state index contributed by atoms with van der Waals surface area (Å²) in [5.41, 5.74) is 0.599. The Bertz CT molecular complexity index is 1840. The molecule has 1 aliphatic heterocycles. The van der Waals surface area contributed by atoms with E-state index in [1.165, 1.54) is 24.4 Å². The summed E-state index contributed by atoms with van der Waals surface area (Å²) in [6, 6.07) is 19.9. The van der Waals surface area contributed by atoms with Gasteiger partial charge in [-0.25, -0.2) is 4.98 Å². The van der Waals surface area contributed by atoms with Crippen LogP contribution >= 0.6 is 0 Å². The Labute approximate surface area is 232 Å². The van der Waals surface area contributed by atoms with E-state index >= 15 is 0 Å². The summed E-state index contributed by atoms with van der Waals surface area (Å²) >= 11 is 0. The van der Waals surface area contributed by atoms with E-state index in [1.54, 1.807) is 41.3 Å². The Kier molecular flexibility index (Phi) is 6.96. The van der Waals surface area contributed by atoms with Crippen molar-refractivity contribution in [3.05, 3.63) is 98.8 Å². The second-order valence-corrected chi connectivity index (χ2v) is 9.22. The number of nitro benzene ring substituents is 1. The molecule has 0 N–H and O–H groups in total. The second-order valence-electron chi connectivity index (χ2n) is 9.22. The number of non-ortho nitro benzene ring substituents is 1. The SMILES string of the molecule is O=C(COc1ccc([N+](=O)[O-])cc1C=Nn1c(-c2cc3ccccc3o2)nc2ccccc2c1=O)N1CCOCC1. The number of nitro groups is 1. The minimum atomic E-state index is -0.552. The molecule has 41 heavy (non-hydrogen) atoms. The molecule has 3 heterocycles. The molecule has 12 heteroatoms. The lowest BCUT2D eigenvalue weighted by Crippen LogP contribution is -2.43. The number of morpholine rings is 1. The lowest BCUT2D eigenvalue weighted by Gasteiger charge is -2.26. The zero-order chi connectivity index (χ0) is 28.3. The molecule has 206 valence electrons. The van der Waals surface area contributed by atoms with Gasteiger partial charge >= 0.3 is 0 Å². The van der Waals surface area contributed by atoms with Gasteiger partial charge in [0, 0.05) is 36.2 Å². The highest BCUT2D eigenvalue weighted by molar-refractivity contribution is 5.87. The Morgan fingerprint density at radius 2 is 1.85 bits per heavy atom. The third-order valence-corrected chi connectivity index (χ3v) is 6.63. The van der Waals surface area contributed by atoms with Crippen molar-refractivity contribution >= 4 is 39.7 Å². The van der Waals surface area contributed by atoms with Crippen molar-refractivity contribution in [1.29, 1.82) is 0 Å². The van der Waals surface area contributed by atoms with Gasteiger partial charge in [-0.2, -0.15) is 9.78 Å². The lowest BCUT2D eigenvalue weighted by atomic mass is 10.2. The molecule has 0 unspecified atom stereocenters. The van der Waals surface area contributed by atoms with Crippen LogP contribution < -0.4 is 10.3 Å². The molecule has 1 fully saturated rings. The van der Waals surface area contributed by atoms with Crippen LogP contribution in [-0.2, 0) is 9.53 Å². The van der Waals surface area contributed by atoms with E-state index in [0.29, 0.717) is 48.5 Å². The maximum Gasteiger partial charge on any atom is 0.282 e. The minimum absolute atomic E-state index is 0.150. The van der Waals surface area contributed by atoms with Crippen LogP contribution in [0, 0.1) is 10.1 Å². The molecule has 1 aliphatic rings. The van der Waals surface area contributed by atoms with Gasteiger partial charge < -0.3 is 18.8 Å². The van der Waals surface area contributed by atoms with Crippen LogP contribution in [0.1, 0.15) is 5.56 Å². The Hall–Kier alpha value is -5.36. The number of furan rings is 1. The number of nitrogens with zero attached hydrogens (tertiary/aromatic N) is 5. The highest BCUT2D eigenvalue weighted by Crippen LogP contribution is 2.28. The van der Waals surface area contributed by atoms with E-state index in [0.717, 1.165) is 10.1 Å². The quantitative estimate of drug-likeness (QED) is 0.168. The number of aromatic nitrogens is 2. The molecule has 3 aromatic carbocycles. The number of amides is 1. The first-order valence-corrected chi connectivity index (χ1v) is 12.8. The predicted molar refractivity (Wildman–Crippen MR) is 150 cm³/mol. The van der Waals surface area contributed by atoms with Crippen molar-refractivity contribution in [2.45, 2.75) is 0 Å². The summed E-state index contributed by atoms with van der Waals surface area (Å²) in [7, 11) is 0. The summed E-state index contributed by atoms with van der Waals surface area (Å²) in [5.74, 6) is 0.416. The number of hydrogen-bond acceptors (Lipinski definition) is 9. The number of carbonyl (C=O) groups excluding carboxylic acids is 1. The van der Waals surface area contributed by atoms with E-state index in [4.69, 9.17) is 13.9 Å². The van der Waals surface area contributed by atoms with Gasteiger partial charge in [-0.3, -0.25) is 19.7 Å². The van der Waals surface area contributed by atoms with Gasteiger partial charge in [0.05, 0.1) is 35.3 Å². The van der Waals surface area contributed by atoms with Gasteiger partial charge in [0.1, 0.15) is 11.3 Å². The Balaban J connectivity index is 1.41. The van der Waals surface area contributed by atoms with Crippen LogP contribution in [0.5, 0.6) is 5.75 Å². The third kappa shape index (κ3) is 5.28. The average Bonchev–Trinajstić information content (AvgIpc) is 3.44. The smallest absolute Gasteiger partial charge is 0.282 e. The van der Waals surface area contributed by atoms with Crippen molar-refractivity contribution in [2.75, 3.05) is 32.9 Å². The molecule has 12 nitrogen and oxygen atoms in total. The molecule has 0 saturated carbocycles. The summed E-state index contributed by atoms with van der Waals surface area (Å²) in [6.45, 7) is 1.53. The first-order valence-electron chi connectivity index (χ1n) is 12.8. The van der Waals surface area contributed by atoms with E-state index in [2.05, 4.69) is 10.1 Å². The number of carbonyl (C=O) groups is 1. The monoisotopic (exact) mass is 553 g/mol. The third-order valence-electron chi connectivity index (χ3n) is 6.63. The van der Waals surface area contributed by atoms with Crippen LogP contribution in [0.3, 0.4) is 0 Å². The van der Waals surface area contributed by atoms with Crippen molar-refractivity contribution in [3.8, 4) is 17.3 Å². The highest BCUT2D eigenvalue weighted by atomic mass is 16.6. The normalized spacial score (nSPS) is 13.7. The fourth-order valence-electron chi connectivity index (χ4n) is 4.53. The topological polar surface area (TPSA) is 142 Å². The average molecular weight is 554 g/mol. The maximum atomic E-state index is 13.6. The van der Waals surface area contributed by atoms with Crippen molar-refractivity contribution in [1.82, 2.24) is 14.6 Å². The lowest BCUT2D eigenvalue weighted by molar-refractivity contribution is -0.384. The molecule has 0 bridgehead atoms. The van der Waals surface area contributed by atoms with Gasteiger partial charge in [-0.15, -0.1) is 0 Å². The number of benzene rings is 3.